The fourth-order valence-electron chi connectivity index (χ4n) is 1.61. The lowest BCUT2D eigenvalue weighted by atomic mass is 10.1. The minimum absolute atomic E-state index is 0.288. The standard InChI is InChI=1S/C10H11ClO/c11-10-4-2-1-3-8(10)9-5-7(9)6-12/h1-4,7,9,12H,5-6H2/t7-,9+/m0/s1. The molecule has 64 valence electrons. The molecule has 12 heavy (non-hydrogen) atoms. The van der Waals surface area contributed by atoms with Crippen LogP contribution in [0.1, 0.15) is 17.9 Å². The van der Waals surface area contributed by atoms with Crippen LogP contribution in [0.3, 0.4) is 0 Å². The van der Waals surface area contributed by atoms with Crippen LogP contribution in [0.25, 0.3) is 0 Å². The van der Waals surface area contributed by atoms with Gasteiger partial charge in [-0.05, 0) is 29.9 Å². The molecule has 1 aliphatic rings. The van der Waals surface area contributed by atoms with E-state index in [4.69, 9.17) is 16.7 Å². The maximum atomic E-state index is 8.89. The monoisotopic (exact) mass is 182 g/mol. The first-order chi connectivity index (χ1) is 5.83. The van der Waals surface area contributed by atoms with E-state index in [1.165, 1.54) is 5.56 Å². The summed E-state index contributed by atoms with van der Waals surface area (Å²) in [6, 6.07) is 7.88. The predicted octanol–water partition coefficient (Wildman–Crippen LogP) is 2.44. The van der Waals surface area contributed by atoms with Gasteiger partial charge < -0.3 is 5.11 Å². The average molecular weight is 183 g/mol. The summed E-state index contributed by atoms with van der Waals surface area (Å²) < 4.78 is 0. The van der Waals surface area contributed by atoms with Gasteiger partial charge in [0, 0.05) is 11.6 Å². The van der Waals surface area contributed by atoms with E-state index in [9.17, 15) is 0 Å². The molecule has 1 fully saturated rings. The Morgan fingerprint density at radius 3 is 2.75 bits per heavy atom. The van der Waals surface area contributed by atoms with Crippen molar-refractivity contribution in [3.63, 3.8) is 0 Å². The molecule has 0 saturated heterocycles. The number of rotatable bonds is 2. The molecule has 0 amide bonds. The molecule has 1 aliphatic carbocycles. The molecule has 0 radical (unpaired) electrons. The Kier molecular flexibility index (Phi) is 2.07. The Balaban J connectivity index is 2.19. The zero-order chi connectivity index (χ0) is 8.55. The minimum atomic E-state index is 0.288. The molecule has 0 aromatic heterocycles. The van der Waals surface area contributed by atoms with Crippen molar-refractivity contribution in [3.8, 4) is 0 Å². The van der Waals surface area contributed by atoms with Crippen LogP contribution in [0.5, 0.6) is 0 Å². The summed E-state index contributed by atoms with van der Waals surface area (Å²) >= 11 is 6.00. The maximum Gasteiger partial charge on any atom is 0.0465 e. The van der Waals surface area contributed by atoms with Gasteiger partial charge in [0.2, 0.25) is 0 Å². The van der Waals surface area contributed by atoms with Gasteiger partial charge >= 0.3 is 0 Å². The number of aliphatic hydroxyl groups is 1. The molecule has 2 atom stereocenters. The van der Waals surface area contributed by atoms with E-state index >= 15 is 0 Å². The maximum absolute atomic E-state index is 8.89. The summed E-state index contributed by atoms with van der Waals surface area (Å²) in [5.74, 6) is 0.952. The molecule has 0 heterocycles. The lowest BCUT2D eigenvalue weighted by Gasteiger charge is -2.00. The fourth-order valence-corrected chi connectivity index (χ4v) is 1.88. The number of benzene rings is 1. The van der Waals surface area contributed by atoms with Crippen LogP contribution in [0, 0.1) is 5.92 Å². The zero-order valence-electron chi connectivity index (χ0n) is 6.70. The van der Waals surface area contributed by atoms with Crippen LogP contribution in [0.15, 0.2) is 24.3 Å². The number of aliphatic hydroxyl groups excluding tert-OH is 1. The number of hydrogen-bond donors (Lipinski definition) is 1. The van der Waals surface area contributed by atoms with Crippen LogP contribution >= 0.6 is 11.6 Å². The second-order valence-electron chi connectivity index (χ2n) is 3.31. The Morgan fingerprint density at radius 1 is 1.42 bits per heavy atom. The molecule has 0 aliphatic heterocycles. The SMILES string of the molecule is OC[C@@H]1C[C@H]1c1ccccc1Cl. The van der Waals surface area contributed by atoms with Crippen LogP contribution in [0.4, 0.5) is 0 Å². The van der Waals surface area contributed by atoms with E-state index in [0.717, 1.165) is 11.4 Å². The summed E-state index contributed by atoms with van der Waals surface area (Å²) in [7, 11) is 0. The highest BCUT2D eigenvalue weighted by Crippen LogP contribution is 2.48. The first-order valence-corrected chi connectivity index (χ1v) is 4.56. The van der Waals surface area contributed by atoms with E-state index in [1.807, 2.05) is 24.3 Å². The van der Waals surface area contributed by atoms with Crippen molar-refractivity contribution in [1.82, 2.24) is 0 Å². The van der Waals surface area contributed by atoms with Crippen LogP contribution in [-0.2, 0) is 0 Å². The first-order valence-electron chi connectivity index (χ1n) is 4.18. The normalized spacial score (nSPS) is 27.2. The molecule has 2 heteroatoms. The highest BCUT2D eigenvalue weighted by Gasteiger charge is 2.38. The molecule has 1 saturated carbocycles. The number of halogens is 1. The topological polar surface area (TPSA) is 20.2 Å². The van der Waals surface area contributed by atoms with E-state index in [2.05, 4.69) is 0 Å². The molecule has 2 rings (SSSR count). The Morgan fingerprint density at radius 2 is 2.17 bits per heavy atom. The molecular weight excluding hydrogens is 172 g/mol. The largest absolute Gasteiger partial charge is 0.396 e. The molecule has 0 bridgehead atoms. The van der Waals surface area contributed by atoms with Gasteiger partial charge in [-0.3, -0.25) is 0 Å². The molecule has 1 aromatic carbocycles. The van der Waals surface area contributed by atoms with Crippen molar-refractivity contribution in [2.45, 2.75) is 12.3 Å². The van der Waals surface area contributed by atoms with Crippen LogP contribution < -0.4 is 0 Å². The molecule has 1 aromatic rings. The van der Waals surface area contributed by atoms with Gasteiger partial charge in [-0.25, -0.2) is 0 Å². The van der Waals surface area contributed by atoms with Crippen molar-refractivity contribution in [2.75, 3.05) is 6.61 Å². The second kappa shape index (κ2) is 3.08. The van der Waals surface area contributed by atoms with Crippen LogP contribution in [-0.4, -0.2) is 11.7 Å². The first kappa shape index (κ1) is 8.09. The predicted molar refractivity (Wildman–Crippen MR) is 49.4 cm³/mol. The number of hydrogen-bond acceptors (Lipinski definition) is 1. The second-order valence-corrected chi connectivity index (χ2v) is 3.71. The summed E-state index contributed by atoms with van der Waals surface area (Å²) in [6.07, 6.45) is 1.08. The quantitative estimate of drug-likeness (QED) is 0.745. The highest BCUT2D eigenvalue weighted by atomic mass is 35.5. The van der Waals surface area contributed by atoms with Crippen molar-refractivity contribution < 1.29 is 5.11 Å². The summed E-state index contributed by atoms with van der Waals surface area (Å²) in [4.78, 5) is 0. The lowest BCUT2D eigenvalue weighted by molar-refractivity contribution is 0.274. The minimum Gasteiger partial charge on any atom is -0.396 e. The third kappa shape index (κ3) is 1.35. The van der Waals surface area contributed by atoms with Gasteiger partial charge in [0.05, 0.1) is 0 Å². The van der Waals surface area contributed by atoms with Gasteiger partial charge in [0.25, 0.3) is 0 Å². The van der Waals surface area contributed by atoms with Gasteiger partial charge in [-0.15, -0.1) is 0 Å². The van der Waals surface area contributed by atoms with Crippen molar-refractivity contribution in [1.29, 1.82) is 0 Å². The Hall–Kier alpha value is -0.530. The molecular formula is C10H11ClO. The smallest absolute Gasteiger partial charge is 0.0465 e. The fraction of sp³-hybridized carbons (Fsp3) is 0.400. The van der Waals surface area contributed by atoms with E-state index < -0.39 is 0 Å². The molecule has 0 spiro atoms. The third-order valence-electron chi connectivity index (χ3n) is 2.46. The molecule has 0 unspecified atom stereocenters. The van der Waals surface area contributed by atoms with Crippen molar-refractivity contribution in [3.05, 3.63) is 34.9 Å². The lowest BCUT2D eigenvalue weighted by Crippen LogP contribution is -1.88. The van der Waals surface area contributed by atoms with Gasteiger partial charge in [0.1, 0.15) is 0 Å². The summed E-state index contributed by atoms with van der Waals surface area (Å²) in [6.45, 7) is 0.288. The third-order valence-corrected chi connectivity index (χ3v) is 2.81. The van der Waals surface area contributed by atoms with Gasteiger partial charge in [-0.2, -0.15) is 0 Å². The van der Waals surface area contributed by atoms with Crippen molar-refractivity contribution >= 4 is 11.6 Å². The summed E-state index contributed by atoms with van der Waals surface area (Å²) in [5, 5.41) is 9.72. The van der Waals surface area contributed by atoms with E-state index in [0.29, 0.717) is 11.8 Å². The zero-order valence-corrected chi connectivity index (χ0v) is 7.46. The van der Waals surface area contributed by atoms with Gasteiger partial charge in [-0.1, -0.05) is 29.8 Å². The van der Waals surface area contributed by atoms with Gasteiger partial charge in [0.15, 0.2) is 0 Å². The molecule has 1 nitrogen and oxygen atoms in total. The van der Waals surface area contributed by atoms with Crippen LogP contribution in [0.2, 0.25) is 5.02 Å². The molecule has 1 N–H and O–H groups in total. The average Bonchev–Trinajstić information content (AvgIpc) is 2.84. The Bertz CT molecular complexity index is 285. The summed E-state index contributed by atoms with van der Waals surface area (Å²) in [5.41, 5.74) is 1.19. The van der Waals surface area contributed by atoms with Crippen molar-refractivity contribution in [2.24, 2.45) is 5.92 Å². The Labute approximate surface area is 77.0 Å². The van der Waals surface area contributed by atoms with E-state index in [-0.39, 0.29) is 6.61 Å². The highest BCUT2D eigenvalue weighted by molar-refractivity contribution is 6.31. The van der Waals surface area contributed by atoms with E-state index in [1.54, 1.807) is 0 Å².